The van der Waals surface area contributed by atoms with Crippen LogP contribution in [0.2, 0.25) is 0 Å². The van der Waals surface area contributed by atoms with Crippen LogP contribution in [0.3, 0.4) is 0 Å². The zero-order valence-corrected chi connectivity index (χ0v) is 11.7. The van der Waals surface area contributed by atoms with Crippen molar-refractivity contribution in [1.82, 2.24) is 5.32 Å². The lowest BCUT2D eigenvalue weighted by Crippen LogP contribution is -2.41. The van der Waals surface area contributed by atoms with E-state index in [9.17, 15) is 0 Å². The molecule has 0 aliphatic carbocycles. The number of unbranched alkanes of at least 4 members (excludes halogenated alkanes) is 1. The summed E-state index contributed by atoms with van der Waals surface area (Å²) in [7, 11) is 0. The number of hydrogen-bond donors (Lipinski definition) is 1. The summed E-state index contributed by atoms with van der Waals surface area (Å²) in [5.74, 6) is 0.794. The smallest absolute Gasteiger partial charge is 0.0454 e. The van der Waals surface area contributed by atoms with Gasteiger partial charge in [-0.1, -0.05) is 44.9 Å². The minimum atomic E-state index is 0.670. The zero-order chi connectivity index (χ0) is 12.8. The van der Waals surface area contributed by atoms with E-state index in [2.05, 4.69) is 54.4 Å². The highest BCUT2D eigenvalue weighted by Crippen LogP contribution is 2.25. The van der Waals surface area contributed by atoms with Crippen LogP contribution < -0.4 is 10.2 Å². The molecular weight excluding hydrogens is 220 g/mol. The van der Waals surface area contributed by atoms with Gasteiger partial charge >= 0.3 is 0 Å². The summed E-state index contributed by atoms with van der Waals surface area (Å²) in [5, 5.41) is 3.56. The van der Waals surface area contributed by atoms with Crippen molar-refractivity contribution in [3.05, 3.63) is 30.3 Å². The van der Waals surface area contributed by atoms with Gasteiger partial charge in [0.1, 0.15) is 0 Å². The van der Waals surface area contributed by atoms with Gasteiger partial charge in [0.05, 0.1) is 0 Å². The van der Waals surface area contributed by atoms with E-state index in [1.165, 1.54) is 38.0 Å². The lowest BCUT2D eigenvalue weighted by atomic mass is 9.98. The number of hydrogen-bond acceptors (Lipinski definition) is 2. The third-order valence-corrected chi connectivity index (χ3v) is 4.07. The van der Waals surface area contributed by atoms with Crippen molar-refractivity contribution >= 4 is 5.69 Å². The molecule has 1 N–H and O–H groups in total. The Balaban J connectivity index is 2.14. The first kappa shape index (κ1) is 13.4. The van der Waals surface area contributed by atoms with E-state index in [-0.39, 0.29) is 0 Å². The van der Waals surface area contributed by atoms with Crippen LogP contribution in [0.25, 0.3) is 0 Å². The molecule has 1 aliphatic heterocycles. The second kappa shape index (κ2) is 6.79. The van der Waals surface area contributed by atoms with E-state index in [0.717, 1.165) is 12.5 Å². The standard InChI is InChI=1S/C16H26N2/c1-3-5-11-18(15-9-7-6-8-10-15)16-13-17-12-14(16)4-2/h6-10,14,16-17H,3-5,11-13H2,1-2H3. The molecule has 2 heteroatoms. The van der Waals surface area contributed by atoms with Gasteiger partial charge in [0.15, 0.2) is 0 Å². The van der Waals surface area contributed by atoms with Crippen LogP contribution in [-0.2, 0) is 0 Å². The van der Waals surface area contributed by atoms with Gasteiger partial charge in [-0.15, -0.1) is 0 Å². The molecule has 1 aromatic carbocycles. The average molecular weight is 246 g/mol. The number of nitrogens with one attached hydrogen (secondary N) is 1. The average Bonchev–Trinajstić information content (AvgIpc) is 2.89. The maximum absolute atomic E-state index is 3.56. The minimum absolute atomic E-state index is 0.670. The number of rotatable bonds is 6. The van der Waals surface area contributed by atoms with Crippen LogP contribution in [0.15, 0.2) is 30.3 Å². The summed E-state index contributed by atoms with van der Waals surface area (Å²) in [5.41, 5.74) is 1.39. The molecule has 2 unspecified atom stereocenters. The van der Waals surface area contributed by atoms with Gasteiger partial charge in [-0.2, -0.15) is 0 Å². The molecule has 2 nitrogen and oxygen atoms in total. The molecule has 2 atom stereocenters. The summed E-state index contributed by atoms with van der Waals surface area (Å²) in [6.45, 7) is 8.08. The fourth-order valence-electron chi connectivity index (χ4n) is 2.93. The minimum Gasteiger partial charge on any atom is -0.367 e. The molecule has 1 aliphatic rings. The molecular formula is C16H26N2. The van der Waals surface area contributed by atoms with Gasteiger partial charge in [-0.25, -0.2) is 0 Å². The van der Waals surface area contributed by atoms with Crippen LogP contribution in [0.4, 0.5) is 5.69 Å². The van der Waals surface area contributed by atoms with E-state index in [1.54, 1.807) is 0 Å². The molecule has 0 aromatic heterocycles. The Labute approximate surface area is 111 Å². The third kappa shape index (κ3) is 3.05. The lowest BCUT2D eigenvalue weighted by molar-refractivity contribution is 0.461. The second-order valence-electron chi connectivity index (χ2n) is 5.28. The molecule has 1 fully saturated rings. The highest BCUT2D eigenvalue weighted by Gasteiger charge is 2.30. The Morgan fingerprint density at radius 3 is 2.61 bits per heavy atom. The predicted molar refractivity (Wildman–Crippen MR) is 79.1 cm³/mol. The second-order valence-corrected chi connectivity index (χ2v) is 5.28. The first-order chi connectivity index (χ1) is 8.86. The first-order valence-corrected chi connectivity index (χ1v) is 7.39. The van der Waals surface area contributed by atoms with Crippen molar-refractivity contribution in [2.24, 2.45) is 5.92 Å². The number of nitrogens with zero attached hydrogens (tertiary/aromatic N) is 1. The lowest BCUT2D eigenvalue weighted by Gasteiger charge is -2.34. The highest BCUT2D eigenvalue weighted by molar-refractivity contribution is 5.47. The molecule has 0 bridgehead atoms. The molecule has 0 spiro atoms. The van der Waals surface area contributed by atoms with Crippen molar-refractivity contribution in [2.45, 2.75) is 39.2 Å². The van der Waals surface area contributed by atoms with Crippen LogP contribution in [0, 0.1) is 5.92 Å². The molecule has 1 aromatic rings. The monoisotopic (exact) mass is 246 g/mol. The Hall–Kier alpha value is -1.02. The highest BCUT2D eigenvalue weighted by atomic mass is 15.2. The predicted octanol–water partition coefficient (Wildman–Crippen LogP) is 3.29. The van der Waals surface area contributed by atoms with Gasteiger partial charge in [-0.3, -0.25) is 0 Å². The third-order valence-electron chi connectivity index (χ3n) is 4.07. The van der Waals surface area contributed by atoms with Crippen molar-refractivity contribution < 1.29 is 0 Å². The van der Waals surface area contributed by atoms with E-state index in [1.807, 2.05) is 0 Å². The molecule has 2 rings (SSSR count). The molecule has 0 saturated carbocycles. The fraction of sp³-hybridized carbons (Fsp3) is 0.625. The van der Waals surface area contributed by atoms with Gasteiger partial charge in [0, 0.05) is 31.4 Å². The molecule has 1 saturated heterocycles. The van der Waals surface area contributed by atoms with Crippen molar-refractivity contribution in [3.8, 4) is 0 Å². The summed E-state index contributed by atoms with van der Waals surface area (Å²) >= 11 is 0. The summed E-state index contributed by atoms with van der Waals surface area (Å²) in [6.07, 6.45) is 3.81. The summed E-state index contributed by atoms with van der Waals surface area (Å²) in [4.78, 5) is 2.62. The van der Waals surface area contributed by atoms with Crippen LogP contribution in [-0.4, -0.2) is 25.7 Å². The van der Waals surface area contributed by atoms with Gasteiger partial charge in [-0.05, 0) is 24.5 Å². The maximum Gasteiger partial charge on any atom is 0.0454 e. The largest absolute Gasteiger partial charge is 0.367 e. The Kier molecular flexibility index (Phi) is 5.06. The molecule has 100 valence electrons. The van der Waals surface area contributed by atoms with Gasteiger partial charge in [0.25, 0.3) is 0 Å². The number of anilines is 1. The van der Waals surface area contributed by atoms with Gasteiger partial charge in [0.2, 0.25) is 0 Å². The van der Waals surface area contributed by atoms with E-state index >= 15 is 0 Å². The summed E-state index contributed by atoms with van der Waals surface area (Å²) < 4.78 is 0. The Morgan fingerprint density at radius 1 is 1.17 bits per heavy atom. The normalized spacial score (nSPS) is 23.2. The van der Waals surface area contributed by atoms with Gasteiger partial charge < -0.3 is 10.2 Å². The van der Waals surface area contributed by atoms with Crippen LogP contribution in [0.5, 0.6) is 0 Å². The first-order valence-electron chi connectivity index (χ1n) is 7.39. The number of benzene rings is 1. The topological polar surface area (TPSA) is 15.3 Å². The van der Waals surface area contributed by atoms with Crippen molar-refractivity contribution in [3.63, 3.8) is 0 Å². The zero-order valence-electron chi connectivity index (χ0n) is 11.7. The Morgan fingerprint density at radius 2 is 1.94 bits per heavy atom. The van der Waals surface area contributed by atoms with Crippen molar-refractivity contribution in [2.75, 3.05) is 24.5 Å². The van der Waals surface area contributed by atoms with Crippen molar-refractivity contribution in [1.29, 1.82) is 0 Å². The molecule has 0 radical (unpaired) electrons. The molecule has 18 heavy (non-hydrogen) atoms. The van der Waals surface area contributed by atoms with E-state index in [4.69, 9.17) is 0 Å². The quantitative estimate of drug-likeness (QED) is 0.828. The molecule has 0 amide bonds. The van der Waals surface area contributed by atoms with Crippen LogP contribution in [0.1, 0.15) is 33.1 Å². The SMILES string of the molecule is CCCCN(c1ccccc1)C1CNCC1CC. The number of para-hydroxylation sites is 1. The Bertz CT molecular complexity index is 336. The van der Waals surface area contributed by atoms with Crippen LogP contribution >= 0.6 is 0 Å². The maximum atomic E-state index is 3.56. The van der Waals surface area contributed by atoms with E-state index in [0.29, 0.717) is 6.04 Å². The fourth-order valence-corrected chi connectivity index (χ4v) is 2.93. The molecule has 1 heterocycles. The van der Waals surface area contributed by atoms with E-state index < -0.39 is 0 Å². The summed E-state index contributed by atoms with van der Waals surface area (Å²) in [6, 6.07) is 11.6.